The van der Waals surface area contributed by atoms with Gasteiger partial charge in [-0.1, -0.05) is 127 Å². The number of benzene rings is 7. The lowest BCUT2D eigenvalue weighted by molar-refractivity contribution is 1.24. The summed E-state index contributed by atoms with van der Waals surface area (Å²) in [5.74, 6) is 0. The van der Waals surface area contributed by atoms with Crippen molar-refractivity contribution in [2.75, 3.05) is 0 Å². The summed E-state index contributed by atoms with van der Waals surface area (Å²) in [6.45, 7) is 0. The molecule has 0 spiro atoms. The van der Waals surface area contributed by atoms with Gasteiger partial charge in [0.05, 0.1) is 46.1 Å². The van der Waals surface area contributed by atoms with E-state index in [-0.39, 0.29) is 89.6 Å². The molecule has 0 radical (unpaired) electrons. The lowest BCUT2D eigenvalue weighted by atomic mass is 9.97. The van der Waals surface area contributed by atoms with Crippen LogP contribution in [0.15, 0.2) is 157 Å². The van der Waals surface area contributed by atoms with Crippen molar-refractivity contribution in [1.29, 1.82) is 0 Å². The Morgan fingerprint density at radius 3 is 1.61 bits per heavy atom. The third-order valence-corrected chi connectivity index (χ3v) is 11.9. The van der Waals surface area contributed by atoms with E-state index in [1.807, 2.05) is 0 Å². The molecule has 7 aromatic carbocycles. The van der Waals surface area contributed by atoms with E-state index in [2.05, 4.69) is 9.97 Å². The van der Waals surface area contributed by atoms with Gasteiger partial charge in [0, 0.05) is 56.0 Å². The highest BCUT2D eigenvalue weighted by Crippen LogP contribution is 2.45. The van der Waals surface area contributed by atoms with Crippen molar-refractivity contribution in [3.8, 4) is 44.6 Å². The molecule has 238 valence electrons. The molecule has 0 aliphatic carbocycles. The molecule has 0 aliphatic rings. The number of aromatic nitrogens is 2. The minimum Gasteiger partial charge on any atom is -0.235 e. The van der Waals surface area contributed by atoms with Crippen LogP contribution < -0.4 is 0 Å². The molecule has 0 fully saturated rings. The Balaban J connectivity index is 1.18. The van der Waals surface area contributed by atoms with Gasteiger partial charge in [-0.05, 0) is 57.6 Å². The van der Waals surface area contributed by atoms with E-state index in [1.54, 1.807) is 18.2 Å². The fourth-order valence-electron chi connectivity index (χ4n) is 6.17. The van der Waals surface area contributed by atoms with E-state index in [0.29, 0.717) is 10.1 Å². The number of fused-ring (bicyclic) bond motifs is 9. The van der Waals surface area contributed by atoms with Crippen LogP contribution >= 0.6 is 34.0 Å². The van der Waals surface area contributed by atoms with E-state index in [0.717, 1.165) is 40.3 Å². The Hall–Kier alpha value is -5.72. The molecule has 2 nitrogen and oxygen atoms in total. The Labute approximate surface area is 336 Å². The first-order chi connectivity index (χ1) is 34.5. The molecule has 0 unspecified atom stereocenters. The molecule has 11 aromatic rings. The normalized spacial score (nSPS) is 18.0. The van der Waals surface area contributed by atoms with Crippen LogP contribution in [0.4, 0.5) is 0 Å². The van der Waals surface area contributed by atoms with Crippen LogP contribution in [0, 0.1) is 0 Å². The van der Waals surface area contributed by atoms with Gasteiger partial charge >= 0.3 is 0 Å². The fourth-order valence-corrected chi connectivity index (χ4v) is 9.59. The quantitative estimate of drug-likeness (QED) is 0.181. The molecule has 11 rings (SSSR count). The molecule has 0 saturated carbocycles. The minimum absolute atomic E-state index is 0.00636. The summed E-state index contributed by atoms with van der Waals surface area (Å²) < 4.78 is 196. The second-order valence-corrected chi connectivity index (χ2v) is 14.3. The maximum absolute atomic E-state index is 9.72. The molecular formula is C46H26N2S3. The zero-order valence-electron chi connectivity index (χ0n) is 47.4. The van der Waals surface area contributed by atoms with Crippen molar-refractivity contribution in [3.05, 3.63) is 157 Å². The zero-order chi connectivity index (χ0) is 52.6. The van der Waals surface area contributed by atoms with E-state index in [1.165, 1.54) is 0 Å². The van der Waals surface area contributed by atoms with Crippen LogP contribution in [0.1, 0.15) is 30.2 Å². The lowest BCUT2D eigenvalue weighted by Gasteiger charge is -2.08. The second-order valence-electron chi connectivity index (χ2n) is 11.2. The highest BCUT2D eigenvalue weighted by molar-refractivity contribution is 7.27. The maximum atomic E-state index is 9.72. The smallest absolute Gasteiger partial charge is 0.116 e. The molecule has 5 heteroatoms. The van der Waals surface area contributed by atoms with Crippen molar-refractivity contribution < 1.29 is 30.2 Å². The molecule has 4 heterocycles. The van der Waals surface area contributed by atoms with Gasteiger partial charge in [0.15, 0.2) is 0 Å². The maximum Gasteiger partial charge on any atom is 0.116 e. The first kappa shape index (κ1) is 14.9. The van der Waals surface area contributed by atoms with Gasteiger partial charge in [0.1, 0.15) is 6.33 Å². The van der Waals surface area contributed by atoms with Crippen LogP contribution in [0.2, 0.25) is 0 Å². The van der Waals surface area contributed by atoms with Crippen molar-refractivity contribution >= 4 is 94.7 Å². The first-order valence-corrected chi connectivity index (χ1v) is 17.6. The number of hydrogen-bond acceptors (Lipinski definition) is 5. The summed E-state index contributed by atoms with van der Waals surface area (Å²) in [6, 6.07) is -7.96. The van der Waals surface area contributed by atoms with Crippen LogP contribution in [-0.2, 0) is 0 Å². The molecular weight excluding hydrogens is 677 g/mol. The predicted molar refractivity (Wildman–Crippen MR) is 222 cm³/mol. The molecule has 51 heavy (non-hydrogen) atoms. The van der Waals surface area contributed by atoms with Crippen LogP contribution in [0.5, 0.6) is 0 Å². The van der Waals surface area contributed by atoms with Crippen molar-refractivity contribution in [1.82, 2.24) is 9.97 Å². The SMILES string of the molecule is [2H]c1c([2H])c(-c2cccc3c2sc2c(-c4c([2H])c([2H])c([2H])c(-c5c([2H])c([2H])c([2H])c6c5sc5c([2H])c([2H])c([2H])c([2H])c56)c4[2H])ncnc23)c([2H])c(-c2c([2H])c([2H])c([2H])c3c2sc2c([2H])c([2H])c([2H])c([2H])c23)c1[2H]. The number of rotatable bonds is 4. The van der Waals surface area contributed by atoms with Gasteiger partial charge < -0.3 is 0 Å². The average molecular weight is 725 g/mol. The largest absolute Gasteiger partial charge is 0.235 e. The van der Waals surface area contributed by atoms with Crippen LogP contribution in [0.25, 0.3) is 105 Å². The standard InChI is InChI=1S/C46H26N2S3/c1-3-22-39-34(14-1)36-19-7-16-31(43(36)49-39)27-10-5-11-28(24-27)33-18-9-21-38-42-46(51-45(33)38)41(47-26-48-42)30-13-6-12-29(25-30)32-17-8-20-37-35-15-2-4-23-40(35)50-44(32)37/h1-26H/i1D,2D,3D,4D,5D,6D,7D,8D,10D,11D,12D,13D,14D,15D,16D,17D,19D,20D,22D,23D,24D,25D. The monoisotopic (exact) mass is 724 g/mol. The molecule has 0 aliphatic heterocycles. The van der Waals surface area contributed by atoms with E-state index < -0.39 is 138 Å². The van der Waals surface area contributed by atoms with Gasteiger partial charge in [0.2, 0.25) is 0 Å². The Kier molecular flexibility index (Phi) is 3.32. The topological polar surface area (TPSA) is 25.8 Å². The molecule has 0 atom stereocenters. The highest BCUT2D eigenvalue weighted by Gasteiger charge is 2.18. The predicted octanol–water partition coefficient (Wildman–Crippen LogP) is 14.2. The van der Waals surface area contributed by atoms with Crippen molar-refractivity contribution in [3.63, 3.8) is 0 Å². The van der Waals surface area contributed by atoms with Crippen LogP contribution in [-0.4, -0.2) is 9.97 Å². The average Bonchev–Trinajstić information content (AvgIpc) is 4.09. The molecule has 4 aromatic heterocycles. The Morgan fingerprint density at radius 2 is 0.941 bits per heavy atom. The third kappa shape index (κ3) is 4.52. The summed E-state index contributed by atoms with van der Waals surface area (Å²) in [6.07, 6.45) is 1.14. The van der Waals surface area contributed by atoms with Crippen molar-refractivity contribution in [2.45, 2.75) is 0 Å². The third-order valence-electron chi connectivity index (χ3n) is 8.41. The van der Waals surface area contributed by atoms with Crippen LogP contribution in [0.3, 0.4) is 0 Å². The Bertz CT molecular complexity index is 4150. The molecule has 0 bridgehead atoms. The molecule has 0 saturated heterocycles. The number of nitrogens with zero attached hydrogens (tertiary/aromatic N) is 2. The van der Waals surface area contributed by atoms with E-state index in [4.69, 9.17) is 24.7 Å². The summed E-state index contributed by atoms with van der Waals surface area (Å²) in [5, 5.41) is 0.0278. The highest BCUT2D eigenvalue weighted by atomic mass is 32.1. The van der Waals surface area contributed by atoms with Gasteiger partial charge in [-0.25, -0.2) is 9.97 Å². The number of thiophene rings is 3. The fraction of sp³-hybridized carbons (Fsp3) is 0. The van der Waals surface area contributed by atoms with Gasteiger partial charge in [0.25, 0.3) is 0 Å². The van der Waals surface area contributed by atoms with Gasteiger partial charge in [-0.15, -0.1) is 34.0 Å². The Morgan fingerprint density at radius 1 is 0.412 bits per heavy atom. The summed E-state index contributed by atoms with van der Waals surface area (Å²) in [7, 11) is 0. The molecule has 0 amide bonds. The number of hydrogen-bond donors (Lipinski definition) is 0. The van der Waals surface area contributed by atoms with E-state index >= 15 is 0 Å². The van der Waals surface area contributed by atoms with E-state index in [9.17, 15) is 5.48 Å². The molecule has 0 N–H and O–H groups in total. The summed E-state index contributed by atoms with van der Waals surface area (Å²) in [5.41, 5.74) is -1.44. The zero-order valence-corrected chi connectivity index (χ0v) is 27.9. The first-order valence-electron chi connectivity index (χ1n) is 26.2. The minimum atomic E-state index is -0.702. The van der Waals surface area contributed by atoms with Gasteiger partial charge in [-0.2, -0.15) is 0 Å². The van der Waals surface area contributed by atoms with Gasteiger partial charge in [-0.3, -0.25) is 0 Å². The summed E-state index contributed by atoms with van der Waals surface area (Å²) >= 11 is 2.57. The lowest BCUT2D eigenvalue weighted by Crippen LogP contribution is -1.87. The van der Waals surface area contributed by atoms with Crippen molar-refractivity contribution in [2.24, 2.45) is 0 Å². The second kappa shape index (κ2) is 11.4. The summed E-state index contributed by atoms with van der Waals surface area (Å²) in [4.78, 5) is 9.01.